The number of nitrogens with zero attached hydrogens (tertiary/aromatic N) is 2. The molecular weight excluding hydrogens is 192 g/mol. The first-order valence-corrected chi connectivity index (χ1v) is 5.11. The third-order valence-corrected chi connectivity index (χ3v) is 2.72. The van der Waals surface area contributed by atoms with Gasteiger partial charge in [-0.2, -0.15) is 5.10 Å². The molecule has 1 rings (SSSR count). The van der Waals surface area contributed by atoms with Crippen LogP contribution in [0.1, 0.15) is 16.2 Å². The van der Waals surface area contributed by atoms with Crippen LogP contribution in [0.5, 0.6) is 0 Å². The average molecular weight is 202 g/mol. The fourth-order valence-corrected chi connectivity index (χ4v) is 2.17. The normalized spacial score (nSPS) is 12.8. The molecule has 0 aliphatic carbocycles. The Bertz CT molecular complexity index is 349. The highest BCUT2D eigenvalue weighted by atomic mass is 32.2. The summed E-state index contributed by atoms with van der Waals surface area (Å²) in [7, 11) is 0.205. The molecule has 1 N–H and O–H groups in total. The Morgan fingerprint density at radius 3 is 2.46 bits per heavy atom. The van der Waals surface area contributed by atoms with Crippen LogP contribution in [0, 0.1) is 6.92 Å². The van der Waals surface area contributed by atoms with E-state index < -0.39 is 16.8 Å². The molecule has 0 saturated heterocycles. The van der Waals surface area contributed by atoms with Crippen molar-refractivity contribution in [3.63, 3.8) is 0 Å². The molecule has 0 fully saturated rings. The van der Waals surface area contributed by atoms with E-state index in [0.717, 1.165) is 0 Å². The van der Waals surface area contributed by atoms with Crippen LogP contribution in [0.2, 0.25) is 0 Å². The van der Waals surface area contributed by atoms with E-state index in [4.69, 9.17) is 5.11 Å². The van der Waals surface area contributed by atoms with Crippen molar-refractivity contribution in [1.29, 1.82) is 0 Å². The summed E-state index contributed by atoms with van der Waals surface area (Å²) in [6, 6.07) is 0. The summed E-state index contributed by atoms with van der Waals surface area (Å²) in [6.45, 7) is 1.64. The van der Waals surface area contributed by atoms with E-state index in [2.05, 4.69) is 5.10 Å². The summed E-state index contributed by atoms with van der Waals surface area (Å²) in [4.78, 5) is 11.1. The van der Waals surface area contributed by atoms with Crippen LogP contribution in [-0.4, -0.2) is 31.3 Å². The maximum atomic E-state index is 11.2. The van der Waals surface area contributed by atoms with E-state index in [0.29, 0.717) is 10.6 Å². The van der Waals surface area contributed by atoms with Gasteiger partial charge in [-0.05, 0) is 6.92 Å². The number of hydrogen-bond donors (Lipinski definition) is 1. The largest absolute Gasteiger partial charge is 0.476 e. The van der Waals surface area contributed by atoms with E-state index >= 15 is 0 Å². The number of rotatable bonds is 2. The number of carboxylic acids is 1. The molecule has 0 amide bonds. The van der Waals surface area contributed by atoms with Gasteiger partial charge in [0, 0.05) is 13.3 Å². The van der Waals surface area contributed by atoms with Crippen molar-refractivity contribution < 1.29 is 14.1 Å². The topological polar surface area (TPSA) is 72.2 Å². The Morgan fingerprint density at radius 1 is 1.62 bits per heavy atom. The van der Waals surface area contributed by atoms with Gasteiger partial charge >= 0.3 is 5.97 Å². The smallest absolute Gasteiger partial charge is 0.355 e. The Kier molecular flexibility index (Phi) is 2.51. The van der Waals surface area contributed by atoms with Crippen LogP contribution in [0.4, 0.5) is 0 Å². The van der Waals surface area contributed by atoms with Crippen molar-refractivity contribution in [3.8, 4) is 0 Å². The molecule has 72 valence electrons. The number of hydrogen-bond acceptors (Lipinski definition) is 3. The first kappa shape index (κ1) is 9.91. The van der Waals surface area contributed by atoms with Crippen LogP contribution in [0.3, 0.4) is 0 Å². The highest BCUT2D eigenvalue weighted by molar-refractivity contribution is 7.84. The van der Waals surface area contributed by atoms with Gasteiger partial charge in [0.1, 0.15) is 0 Å². The van der Waals surface area contributed by atoms with Gasteiger partial charge in [-0.25, -0.2) is 4.79 Å². The molecule has 0 aromatic carbocycles. The van der Waals surface area contributed by atoms with Crippen LogP contribution >= 0.6 is 0 Å². The molecule has 5 nitrogen and oxygen atoms in total. The summed E-state index contributed by atoms with van der Waals surface area (Å²) in [5, 5.41) is 12.7. The molecule has 0 saturated carbocycles. The maximum absolute atomic E-state index is 11.2. The van der Waals surface area contributed by atoms with Crippen molar-refractivity contribution in [1.82, 2.24) is 9.78 Å². The lowest BCUT2D eigenvalue weighted by Crippen LogP contribution is -2.08. The monoisotopic (exact) mass is 202 g/mol. The number of carbonyl (C=O) groups is 1. The molecule has 1 aromatic rings. The zero-order chi connectivity index (χ0) is 10.2. The molecule has 13 heavy (non-hydrogen) atoms. The molecule has 0 aliphatic heterocycles. The van der Waals surface area contributed by atoms with Gasteiger partial charge in [0.05, 0.1) is 21.4 Å². The SMILES string of the molecule is Cc1nn(C)c(C(=O)O)c1S(C)=O. The molecule has 0 spiro atoms. The average Bonchev–Trinajstić information content (AvgIpc) is 2.24. The number of aryl methyl sites for hydroxylation is 2. The predicted molar refractivity (Wildman–Crippen MR) is 47.2 cm³/mol. The molecule has 1 atom stereocenters. The zero-order valence-corrected chi connectivity index (χ0v) is 8.38. The number of aromatic nitrogens is 2. The van der Waals surface area contributed by atoms with Gasteiger partial charge in [0.25, 0.3) is 0 Å². The number of aromatic carboxylic acids is 1. The maximum Gasteiger partial charge on any atom is 0.355 e. The summed E-state index contributed by atoms with van der Waals surface area (Å²) < 4.78 is 12.4. The fraction of sp³-hybridized carbons (Fsp3) is 0.429. The lowest BCUT2D eigenvalue weighted by Gasteiger charge is -1.97. The standard InChI is InChI=1S/C7H10N2O3S/c1-4-6(13(3)12)5(7(10)11)9(2)8-4/h1-3H3,(H,10,11). The third kappa shape index (κ3) is 1.62. The second-order valence-electron chi connectivity index (χ2n) is 2.65. The minimum absolute atomic E-state index is 0.00154. The number of carboxylic acid groups (broad SMARTS) is 1. The molecular formula is C7H10N2O3S. The van der Waals surface area contributed by atoms with Gasteiger partial charge in [-0.1, -0.05) is 0 Å². The molecule has 1 heterocycles. The van der Waals surface area contributed by atoms with Gasteiger partial charge in [-0.3, -0.25) is 8.89 Å². The summed E-state index contributed by atoms with van der Waals surface area (Å²) in [5.74, 6) is -1.10. The van der Waals surface area contributed by atoms with Crippen LogP contribution in [0.15, 0.2) is 4.90 Å². The van der Waals surface area contributed by atoms with Crippen LogP contribution in [0.25, 0.3) is 0 Å². The second kappa shape index (κ2) is 3.29. The van der Waals surface area contributed by atoms with E-state index in [9.17, 15) is 9.00 Å². The molecule has 6 heteroatoms. The Labute approximate surface area is 77.8 Å². The lowest BCUT2D eigenvalue weighted by molar-refractivity contribution is 0.0681. The van der Waals surface area contributed by atoms with Gasteiger partial charge in [0.2, 0.25) is 0 Å². The summed E-state index contributed by atoms with van der Waals surface area (Å²) in [6.07, 6.45) is 1.44. The quantitative estimate of drug-likeness (QED) is 0.741. The zero-order valence-electron chi connectivity index (χ0n) is 7.57. The minimum atomic E-state index is -1.32. The first-order chi connectivity index (χ1) is 5.95. The van der Waals surface area contributed by atoms with E-state index in [1.165, 1.54) is 18.0 Å². The Morgan fingerprint density at radius 2 is 2.15 bits per heavy atom. The van der Waals surface area contributed by atoms with Crippen molar-refractivity contribution in [3.05, 3.63) is 11.4 Å². The second-order valence-corrected chi connectivity index (χ2v) is 3.96. The highest BCUT2D eigenvalue weighted by Gasteiger charge is 2.21. The lowest BCUT2D eigenvalue weighted by atomic mass is 10.4. The predicted octanol–water partition coefficient (Wildman–Crippen LogP) is 0.164. The van der Waals surface area contributed by atoms with Crippen LogP contribution < -0.4 is 0 Å². The van der Waals surface area contributed by atoms with E-state index in [1.54, 1.807) is 6.92 Å². The Balaban J connectivity index is 3.47. The first-order valence-electron chi connectivity index (χ1n) is 3.55. The molecule has 1 unspecified atom stereocenters. The molecule has 1 aromatic heterocycles. The fourth-order valence-electron chi connectivity index (χ4n) is 1.22. The van der Waals surface area contributed by atoms with Crippen molar-refractivity contribution >= 4 is 16.8 Å². The van der Waals surface area contributed by atoms with Crippen molar-refractivity contribution in [2.75, 3.05) is 6.26 Å². The van der Waals surface area contributed by atoms with Crippen molar-refractivity contribution in [2.24, 2.45) is 7.05 Å². The van der Waals surface area contributed by atoms with E-state index in [1.807, 2.05) is 0 Å². The summed E-state index contributed by atoms with van der Waals surface area (Å²) in [5.41, 5.74) is 0.499. The van der Waals surface area contributed by atoms with Gasteiger partial charge < -0.3 is 5.11 Å². The molecule has 0 radical (unpaired) electrons. The molecule has 0 aliphatic rings. The Hall–Kier alpha value is -1.17. The van der Waals surface area contributed by atoms with Crippen molar-refractivity contribution in [2.45, 2.75) is 11.8 Å². The van der Waals surface area contributed by atoms with Gasteiger partial charge in [-0.15, -0.1) is 0 Å². The van der Waals surface area contributed by atoms with Gasteiger partial charge in [0.15, 0.2) is 5.69 Å². The van der Waals surface area contributed by atoms with E-state index in [-0.39, 0.29) is 5.69 Å². The van der Waals surface area contributed by atoms with Crippen LogP contribution in [-0.2, 0) is 17.8 Å². The third-order valence-electron chi connectivity index (χ3n) is 1.66. The minimum Gasteiger partial charge on any atom is -0.476 e. The summed E-state index contributed by atoms with van der Waals surface area (Å²) >= 11 is 0. The highest BCUT2D eigenvalue weighted by Crippen LogP contribution is 2.16. The molecule has 0 bridgehead atoms.